The van der Waals surface area contributed by atoms with E-state index >= 15 is 0 Å². The first-order chi connectivity index (χ1) is 25.7. The van der Waals surface area contributed by atoms with Crippen LogP contribution in [0.1, 0.15) is 73.9 Å². The maximum atomic E-state index is 6.97. The Kier molecular flexibility index (Phi) is 7.70. The quantitative estimate of drug-likeness (QED) is 0.233. The first kappa shape index (κ1) is 31.4. The first-order valence-corrected chi connectivity index (χ1v) is 19.2. The molecule has 5 heteroatoms. The van der Waals surface area contributed by atoms with Gasteiger partial charge in [0.25, 0.3) is 0 Å². The highest BCUT2D eigenvalue weighted by Crippen LogP contribution is 2.57. The molecule has 0 saturated heterocycles. The van der Waals surface area contributed by atoms with Crippen LogP contribution in [0.3, 0.4) is 0 Å². The molecule has 3 aromatic rings. The average Bonchev–Trinajstić information content (AvgIpc) is 3.90. The molecule has 0 N–H and O–H groups in total. The van der Waals surface area contributed by atoms with Crippen molar-refractivity contribution in [2.24, 2.45) is 28.7 Å². The second-order valence-electron chi connectivity index (χ2n) is 15.2. The lowest BCUT2D eigenvalue weighted by molar-refractivity contribution is 0.102. The minimum atomic E-state index is -0.460. The number of ether oxygens (including phenoxy) is 1. The van der Waals surface area contributed by atoms with Crippen LogP contribution < -0.4 is 0 Å². The van der Waals surface area contributed by atoms with Gasteiger partial charge in [-0.15, -0.1) is 10.2 Å². The SMILES string of the molecule is CCC1(C2=CC=C3C=CC4=C(c5nnc(-c6ccc(C7=CCCC=C7)cc6)o5)CCC5C=CC2C3C45)CN=C(c2ccc(C3C=CC=CC3)cc2)O1. The zero-order valence-corrected chi connectivity index (χ0v) is 29.6. The monoisotopic (exact) mass is 681 g/mol. The van der Waals surface area contributed by atoms with E-state index in [9.17, 15) is 0 Å². The van der Waals surface area contributed by atoms with Gasteiger partial charge in [-0.25, -0.2) is 4.99 Å². The van der Waals surface area contributed by atoms with Crippen LogP contribution in [0, 0.1) is 23.7 Å². The van der Waals surface area contributed by atoms with Crippen LogP contribution in [-0.4, -0.2) is 28.2 Å². The first-order valence-electron chi connectivity index (χ1n) is 19.2. The van der Waals surface area contributed by atoms with E-state index in [-0.39, 0.29) is 5.92 Å². The van der Waals surface area contributed by atoms with Crippen molar-refractivity contribution in [1.29, 1.82) is 0 Å². The summed E-state index contributed by atoms with van der Waals surface area (Å²) in [5.74, 6) is 3.85. The number of nitrogens with zero attached hydrogens (tertiary/aromatic N) is 3. The molecule has 2 heterocycles. The zero-order chi connectivity index (χ0) is 34.6. The van der Waals surface area contributed by atoms with E-state index in [0.29, 0.717) is 42.0 Å². The fourth-order valence-corrected chi connectivity index (χ4v) is 9.65. The summed E-state index contributed by atoms with van der Waals surface area (Å²) in [6.07, 6.45) is 36.0. The van der Waals surface area contributed by atoms with Gasteiger partial charge in [0.2, 0.25) is 17.7 Å². The number of rotatable bonds is 7. The van der Waals surface area contributed by atoms with E-state index in [1.807, 2.05) is 0 Å². The Morgan fingerprint density at radius 3 is 2.44 bits per heavy atom. The molecular weight excluding hydrogens is 639 g/mol. The molecule has 2 aromatic carbocycles. The van der Waals surface area contributed by atoms with Crippen molar-refractivity contribution in [3.8, 4) is 11.5 Å². The van der Waals surface area contributed by atoms with E-state index in [0.717, 1.165) is 55.5 Å². The zero-order valence-electron chi connectivity index (χ0n) is 29.6. The van der Waals surface area contributed by atoms with Crippen LogP contribution in [0.2, 0.25) is 0 Å². The predicted molar refractivity (Wildman–Crippen MR) is 208 cm³/mol. The molecular formula is C47H43N3O2. The highest BCUT2D eigenvalue weighted by Gasteiger charge is 2.51. The molecule has 6 aliphatic carbocycles. The summed E-state index contributed by atoms with van der Waals surface area (Å²) in [6, 6.07) is 17.3. The number of aliphatic imine (C=N–C) groups is 1. The van der Waals surface area contributed by atoms with Crippen molar-refractivity contribution in [2.75, 3.05) is 6.54 Å². The van der Waals surface area contributed by atoms with Gasteiger partial charge in [-0.1, -0.05) is 110 Å². The van der Waals surface area contributed by atoms with Gasteiger partial charge in [-0.2, -0.15) is 0 Å². The fraction of sp³-hybridized carbons (Fsp3) is 0.298. The summed E-state index contributed by atoms with van der Waals surface area (Å²) in [5, 5.41) is 9.18. The molecule has 0 radical (unpaired) electrons. The van der Waals surface area contributed by atoms with Crippen molar-refractivity contribution in [1.82, 2.24) is 10.2 Å². The normalized spacial score (nSPS) is 29.7. The minimum Gasteiger partial charge on any atom is -0.464 e. The second kappa shape index (κ2) is 12.7. The number of hydrogen-bond donors (Lipinski definition) is 0. The minimum absolute atomic E-state index is 0.245. The van der Waals surface area contributed by atoms with Crippen LogP contribution in [0.5, 0.6) is 0 Å². The highest BCUT2D eigenvalue weighted by molar-refractivity contribution is 5.96. The average molecular weight is 682 g/mol. The Bertz CT molecular complexity index is 2230. The van der Waals surface area contributed by atoms with Crippen LogP contribution in [0.25, 0.3) is 22.6 Å². The molecule has 0 amide bonds. The molecule has 5 nitrogen and oxygen atoms in total. The maximum absolute atomic E-state index is 6.97. The van der Waals surface area contributed by atoms with Gasteiger partial charge in [0.1, 0.15) is 0 Å². The summed E-state index contributed by atoms with van der Waals surface area (Å²) in [4.78, 5) is 5.05. The fourth-order valence-electron chi connectivity index (χ4n) is 9.65. The number of hydrogen-bond acceptors (Lipinski definition) is 5. The molecule has 258 valence electrons. The third kappa shape index (κ3) is 5.24. The Hall–Kier alpha value is -5.29. The number of aromatic nitrogens is 2. The molecule has 1 aromatic heterocycles. The van der Waals surface area contributed by atoms with Crippen LogP contribution in [0.4, 0.5) is 0 Å². The van der Waals surface area contributed by atoms with E-state index in [1.54, 1.807) is 0 Å². The van der Waals surface area contributed by atoms with E-state index in [2.05, 4.69) is 145 Å². The summed E-state index contributed by atoms with van der Waals surface area (Å²) >= 11 is 0. The summed E-state index contributed by atoms with van der Waals surface area (Å²) in [5.41, 5.74) is 10.7. The Balaban J connectivity index is 0.913. The molecule has 7 aliphatic rings. The molecule has 0 fully saturated rings. The van der Waals surface area contributed by atoms with Gasteiger partial charge < -0.3 is 9.15 Å². The van der Waals surface area contributed by atoms with Crippen molar-refractivity contribution in [2.45, 2.75) is 57.0 Å². The van der Waals surface area contributed by atoms with E-state index in [1.165, 1.54) is 39.0 Å². The maximum Gasteiger partial charge on any atom is 0.248 e. The molecule has 0 bridgehead atoms. The third-order valence-corrected chi connectivity index (χ3v) is 12.5. The molecule has 52 heavy (non-hydrogen) atoms. The summed E-state index contributed by atoms with van der Waals surface area (Å²) < 4.78 is 13.4. The predicted octanol–water partition coefficient (Wildman–Crippen LogP) is 10.7. The lowest BCUT2D eigenvalue weighted by atomic mass is 9.55. The lowest BCUT2D eigenvalue weighted by Gasteiger charge is -2.50. The van der Waals surface area contributed by atoms with E-state index < -0.39 is 5.60 Å². The van der Waals surface area contributed by atoms with Gasteiger partial charge in [0.05, 0.1) is 6.54 Å². The lowest BCUT2D eigenvalue weighted by Crippen LogP contribution is -2.45. The van der Waals surface area contributed by atoms with Gasteiger partial charge in [0, 0.05) is 34.5 Å². The van der Waals surface area contributed by atoms with Gasteiger partial charge in [-0.05, 0) is 108 Å². The largest absolute Gasteiger partial charge is 0.464 e. The van der Waals surface area contributed by atoms with Crippen molar-refractivity contribution < 1.29 is 9.15 Å². The standard InChI is InChI=1S/C47H43N3O2/c1-2-47(29-48-44(52-47)36-17-13-32(14-18-36)30-9-5-3-6-10-30)41-28-24-35-21-25-38-39(26-22-34-23-27-40(41)43(35)42(34)38)46-50-49-45(51-46)37-19-15-33(16-20-37)31-11-7-4-8-12-31/h3,5-7,9,11-21,23-25,27-28,30,34,40,42-43H,2,4,8,10,22,26,29H2,1H3. The smallest absolute Gasteiger partial charge is 0.248 e. The van der Waals surface area contributed by atoms with Gasteiger partial charge in [-0.3, -0.25) is 0 Å². The molecule has 10 rings (SSSR count). The van der Waals surface area contributed by atoms with Crippen LogP contribution in [-0.2, 0) is 4.74 Å². The highest BCUT2D eigenvalue weighted by atomic mass is 16.5. The van der Waals surface area contributed by atoms with Crippen LogP contribution in [0.15, 0.2) is 154 Å². The molecule has 1 aliphatic heterocycles. The topological polar surface area (TPSA) is 60.5 Å². The molecule has 6 atom stereocenters. The van der Waals surface area contributed by atoms with Crippen molar-refractivity contribution in [3.05, 3.63) is 167 Å². The summed E-state index contributed by atoms with van der Waals surface area (Å²) in [7, 11) is 0. The Morgan fingerprint density at radius 1 is 0.788 bits per heavy atom. The second-order valence-corrected chi connectivity index (χ2v) is 15.2. The molecule has 6 unspecified atom stereocenters. The number of benzene rings is 2. The van der Waals surface area contributed by atoms with Gasteiger partial charge in [0.15, 0.2) is 5.60 Å². The summed E-state index contributed by atoms with van der Waals surface area (Å²) in [6.45, 7) is 2.89. The third-order valence-electron chi connectivity index (χ3n) is 12.5. The van der Waals surface area contributed by atoms with Crippen molar-refractivity contribution >= 4 is 17.0 Å². The Labute approximate surface area is 306 Å². The van der Waals surface area contributed by atoms with Crippen LogP contribution >= 0.6 is 0 Å². The van der Waals surface area contributed by atoms with Gasteiger partial charge >= 0.3 is 0 Å². The Morgan fingerprint density at radius 2 is 1.63 bits per heavy atom. The molecule has 0 saturated carbocycles. The molecule has 0 spiro atoms. The van der Waals surface area contributed by atoms with E-state index in [4.69, 9.17) is 14.1 Å². The van der Waals surface area contributed by atoms with Crippen molar-refractivity contribution in [3.63, 3.8) is 0 Å². The number of allylic oxidation sites excluding steroid dienone is 17.